The van der Waals surface area contributed by atoms with Crippen LogP contribution in [0.25, 0.3) is 0 Å². The van der Waals surface area contributed by atoms with Crippen molar-refractivity contribution in [2.24, 2.45) is 0 Å². The second kappa shape index (κ2) is 8.67. The molecule has 0 saturated heterocycles. The number of carbonyl (C=O) groups excluding carboxylic acids is 1. The lowest BCUT2D eigenvalue weighted by molar-refractivity contribution is 0.0953. The van der Waals surface area contributed by atoms with Gasteiger partial charge in [0.05, 0.1) is 7.11 Å². The molecular weight excluding hydrogens is 264 g/mol. The van der Waals surface area contributed by atoms with Crippen molar-refractivity contribution in [3.63, 3.8) is 0 Å². The molecule has 1 aromatic carbocycles. The van der Waals surface area contributed by atoms with Crippen LogP contribution in [0.3, 0.4) is 0 Å². The van der Waals surface area contributed by atoms with E-state index in [0.717, 1.165) is 6.54 Å². The monoisotopic (exact) mass is 290 g/mol. The first-order valence-electron chi connectivity index (χ1n) is 7.95. The van der Waals surface area contributed by atoms with E-state index in [2.05, 4.69) is 10.6 Å². The Morgan fingerprint density at radius 1 is 1.19 bits per heavy atom. The molecule has 1 amide bonds. The summed E-state index contributed by atoms with van der Waals surface area (Å²) in [6, 6.07) is 7.85. The van der Waals surface area contributed by atoms with Crippen LogP contribution in [0.2, 0.25) is 0 Å². The Labute approximate surface area is 127 Å². The Bertz CT molecular complexity index is 440. The summed E-state index contributed by atoms with van der Waals surface area (Å²) in [5, 5.41) is 6.50. The first-order valence-corrected chi connectivity index (χ1v) is 7.95. The van der Waals surface area contributed by atoms with E-state index in [4.69, 9.17) is 4.74 Å². The van der Waals surface area contributed by atoms with Crippen molar-refractivity contribution in [1.29, 1.82) is 0 Å². The van der Waals surface area contributed by atoms with Crippen LogP contribution in [0.15, 0.2) is 24.3 Å². The van der Waals surface area contributed by atoms with Crippen molar-refractivity contribution in [2.75, 3.05) is 20.2 Å². The van der Waals surface area contributed by atoms with Crippen molar-refractivity contribution in [1.82, 2.24) is 10.6 Å². The maximum Gasteiger partial charge on any atom is 0.251 e. The molecule has 4 heteroatoms. The molecule has 1 saturated carbocycles. The summed E-state index contributed by atoms with van der Waals surface area (Å²) >= 11 is 0. The maximum atomic E-state index is 12.0. The highest BCUT2D eigenvalue weighted by Crippen LogP contribution is 2.16. The molecule has 116 valence electrons. The van der Waals surface area contributed by atoms with Gasteiger partial charge in [0.15, 0.2) is 0 Å². The molecule has 4 nitrogen and oxygen atoms in total. The summed E-state index contributed by atoms with van der Waals surface area (Å²) < 4.78 is 5.13. The highest BCUT2D eigenvalue weighted by molar-refractivity contribution is 5.94. The van der Waals surface area contributed by atoms with E-state index in [9.17, 15) is 4.79 Å². The number of amides is 1. The predicted octanol–water partition coefficient (Wildman–Crippen LogP) is 2.74. The van der Waals surface area contributed by atoms with Gasteiger partial charge in [0, 0.05) is 24.7 Å². The number of ether oxygens (including phenoxy) is 1. The van der Waals surface area contributed by atoms with Crippen molar-refractivity contribution < 1.29 is 9.53 Å². The van der Waals surface area contributed by atoms with E-state index < -0.39 is 0 Å². The minimum absolute atomic E-state index is 0.0448. The fourth-order valence-corrected chi connectivity index (χ4v) is 2.80. The number of hydrogen-bond acceptors (Lipinski definition) is 3. The molecule has 1 aliphatic rings. The van der Waals surface area contributed by atoms with Crippen LogP contribution in [-0.2, 0) is 0 Å². The van der Waals surface area contributed by atoms with Crippen LogP contribution in [0, 0.1) is 0 Å². The normalized spacial score (nSPS) is 16.2. The zero-order chi connectivity index (χ0) is 14.9. The van der Waals surface area contributed by atoms with Crippen LogP contribution in [-0.4, -0.2) is 32.1 Å². The average molecular weight is 290 g/mol. The fraction of sp³-hybridized carbons (Fsp3) is 0.588. The molecule has 2 N–H and O–H groups in total. The van der Waals surface area contributed by atoms with Gasteiger partial charge in [-0.2, -0.15) is 0 Å². The number of benzene rings is 1. The second-order valence-corrected chi connectivity index (χ2v) is 5.63. The summed E-state index contributed by atoms with van der Waals surface area (Å²) in [6.07, 6.45) is 7.92. The Morgan fingerprint density at radius 3 is 2.67 bits per heavy atom. The average Bonchev–Trinajstić information content (AvgIpc) is 2.80. The number of hydrogen-bond donors (Lipinski definition) is 2. The fourth-order valence-electron chi connectivity index (χ4n) is 2.80. The van der Waals surface area contributed by atoms with Crippen molar-refractivity contribution in [3.05, 3.63) is 29.8 Å². The molecule has 2 rings (SSSR count). The van der Waals surface area contributed by atoms with Gasteiger partial charge in [-0.05, 0) is 31.0 Å². The third kappa shape index (κ3) is 5.38. The molecule has 1 aromatic rings. The zero-order valence-electron chi connectivity index (χ0n) is 12.9. The van der Waals surface area contributed by atoms with E-state index in [-0.39, 0.29) is 5.91 Å². The second-order valence-electron chi connectivity index (χ2n) is 5.63. The Kier molecular flexibility index (Phi) is 6.54. The van der Waals surface area contributed by atoms with Gasteiger partial charge in [0.2, 0.25) is 0 Å². The zero-order valence-corrected chi connectivity index (χ0v) is 12.9. The molecule has 0 radical (unpaired) electrons. The van der Waals surface area contributed by atoms with Gasteiger partial charge in [-0.3, -0.25) is 4.79 Å². The van der Waals surface area contributed by atoms with Gasteiger partial charge in [0.25, 0.3) is 5.91 Å². The van der Waals surface area contributed by atoms with E-state index in [1.54, 1.807) is 19.2 Å². The Hall–Kier alpha value is -1.55. The van der Waals surface area contributed by atoms with Gasteiger partial charge in [0.1, 0.15) is 5.75 Å². The van der Waals surface area contributed by atoms with Crippen molar-refractivity contribution in [2.45, 2.75) is 44.6 Å². The predicted molar refractivity (Wildman–Crippen MR) is 84.8 cm³/mol. The molecule has 1 aliphatic carbocycles. The Balaban J connectivity index is 1.68. The quantitative estimate of drug-likeness (QED) is 0.625. The molecule has 1 fully saturated rings. The molecule has 0 unspecified atom stereocenters. The van der Waals surface area contributed by atoms with Crippen LogP contribution in [0.5, 0.6) is 5.75 Å². The molecule has 21 heavy (non-hydrogen) atoms. The topological polar surface area (TPSA) is 50.4 Å². The molecule has 0 heterocycles. The van der Waals surface area contributed by atoms with Gasteiger partial charge < -0.3 is 15.4 Å². The van der Waals surface area contributed by atoms with Crippen molar-refractivity contribution in [3.8, 4) is 5.75 Å². The smallest absolute Gasteiger partial charge is 0.251 e. The van der Waals surface area contributed by atoms with Gasteiger partial charge in [-0.25, -0.2) is 0 Å². The third-order valence-electron chi connectivity index (χ3n) is 4.03. The maximum absolute atomic E-state index is 12.0. The summed E-state index contributed by atoms with van der Waals surface area (Å²) in [7, 11) is 1.60. The minimum Gasteiger partial charge on any atom is -0.497 e. The number of nitrogens with one attached hydrogen (secondary N) is 2. The van der Waals surface area contributed by atoms with Crippen LogP contribution < -0.4 is 15.4 Å². The summed E-state index contributed by atoms with van der Waals surface area (Å²) in [4.78, 5) is 12.0. The lowest BCUT2D eigenvalue weighted by atomic mass is 10.1. The molecule has 0 aliphatic heterocycles. The highest BCUT2D eigenvalue weighted by Gasteiger charge is 2.11. The SMILES string of the molecule is COc1cccc(C(=O)NCCNC2CCCCCC2)c1. The lowest BCUT2D eigenvalue weighted by Gasteiger charge is -2.16. The van der Waals surface area contributed by atoms with E-state index in [1.165, 1.54) is 38.5 Å². The van der Waals surface area contributed by atoms with Gasteiger partial charge >= 0.3 is 0 Å². The molecule has 0 spiro atoms. The number of rotatable bonds is 6. The lowest BCUT2D eigenvalue weighted by Crippen LogP contribution is -2.36. The molecule has 0 atom stereocenters. The van der Waals surface area contributed by atoms with E-state index in [1.807, 2.05) is 12.1 Å². The summed E-state index contributed by atoms with van der Waals surface area (Å²) in [5.74, 6) is 0.663. The van der Waals surface area contributed by atoms with E-state index in [0.29, 0.717) is 23.9 Å². The highest BCUT2D eigenvalue weighted by atomic mass is 16.5. The first-order chi connectivity index (χ1) is 10.3. The minimum atomic E-state index is -0.0448. The Morgan fingerprint density at radius 2 is 1.95 bits per heavy atom. The van der Waals surface area contributed by atoms with E-state index >= 15 is 0 Å². The molecular formula is C17H26N2O2. The van der Waals surface area contributed by atoms with Crippen LogP contribution in [0.4, 0.5) is 0 Å². The van der Waals surface area contributed by atoms with Gasteiger partial charge in [-0.15, -0.1) is 0 Å². The van der Waals surface area contributed by atoms with Crippen molar-refractivity contribution >= 4 is 5.91 Å². The largest absolute Gasteiger partial charge is 0.497 e. The summed E-state index contributed by atoms with van der Waals surface area (Å²) in [6.45, 7) is 1.49. The molecule has 0 bridgehead atoms. The third-order valence-corrected chi connectivity index (χ3v) is 4.03. The van der Waals surface area contributed by atoms with Crippen LogP contribution in [0.1, 0.15) is 48.9 Å². The number of methoxy groups -OCH3 is 1. The summed E-state index contributed by atoms with van der Waals surface area (Å²) in [5.41, 5.74) is 0.642. The van der Waals surface area contributed by atoms with Crippen LogP contribution >= 0.6 is 0 Å². The number of carbonyl (C=O) groups is 1. The van der Waals surface area contributed by atoms with Gasteiger partial charge in [-0.1, -0.05) is 31.7 Å². The standard InChI is InChI=1S/C17H26N2O2/c1-21-16-10-6-7-14(13-16)17(20)19-12-11-18-15-8-4-2-3-5-9-15/h6-7,10,13,15,18H,2-5,8-9,11-12H2,1H3,(H,19,20). The molecule has 0 aromatic heterocycles. The first kappa shape index (κ1) is 15.8.